The number of aromatic nitrogens is 2. The molecule has 2 rings (SSSR count). The summed E-state index contributed by atoms with van der Waals surface area (Å²) < 4.78 is 2.93. The van der Waals surface area contributed by atoms with Crippen molar-refractivity contribution in [2.24, 2.45) is 7.05 Å². The van der Waals surface area contributed by atoms with Gasteiger partial charge in [0.15, 0.2) is 0 Å². The minimum absolute atomic E-state index is 0.782. The molecule has 0 saturated carbocycles. The minimum Gasteiger partial charge on any atom is -0.384 e. The Morgan fingerprint density at radius 3 is 2.76 bits per heavy atom. The third-order valence-corrected chi connectivity index (χ3v) is 4.93. The highest BCUT2D eigenvalue weighted by molar-refractivity contribution is 9.11. The highest BCUT2D eigenvalue weighted by atomic mass is 79.9. The first-order valence-electron chi connectivity index (χ1n) is 5.62. The van der Waals surface area contributed by atoms with Gasteiger partial charge in [-0.05, 0) is 40.9 Å². The molecule has 5 heteroatoms. The van der Waals surface area contributed by atoms with E-state index < -0.39 is 0 Å². The summed E-state index contributed by atoms with van der Waals surface area (Å²) in [4.78, 5) is 1.19. The van der Waals surface area contributed by atoms with Crippen LogP contribution in [-0.2, 0) is 13.5 Å². The van der Waals surface area contributed by atoms with E-state index in [0.29, 0.717) is 0 Å². The molecule has 17 heavy (non-hydrogen) atoms. The van der Waals surface area contributed by atoms with Crippen molar-refractivity contribution < 1.29 is 0 Å². The predicted molar refractivity (Wildman–Crippen MR) is 77.4 cm³/mol. The summed E-state index contributed by atoms with van der Waals surface area (Å²) in [6.07, 6.45) is 2.05. The summed E-state index contributed by atoms with van der Waals surface area (Å²) in [6.45, 7) is 4.25. The van der Waals surface area contributed by atoms with Crippen molar-refractivity contribution in [2.75, 3.05) is 5.73 Å². The fourth-order valence-electron chi connectivity index (χ4n) is 1.85. The smallest absolute Gasteiger partial charge is 0.125 e. The quantitative estimate of drug-likeness (QED) is 0.937. The van der Waals surface area contributed by atoms with Gasteiger partial charge in [0.05, 0.1) is 8.66 Å². The van der Waals surface area contributed by atoms with Crippen molar-refractivity contribution in [1.29, 1.82) is 0 Å². The molecule has 0 saturated heterocycles. The van der Waals surface area contributed by atoms with E-state index in [1.807, 2.05) is 7.05 Å². The average Bonchev–Trinajstić information content (AvgIpc) is 2.75. The highest BCUT2D eigenvalue weighted by Crippen LogP contribution is 2.37. The zero-order valence-electron chi connectivity index (χ0n) is 10.2. The monoisotopic (exact) mass is 313 g/mol. The zero-order valence-corrected chi connectivity index (χ0v) is 12.7. The van der Waals surface area contributed by atoms with Crippen LogP contribution in [0.2, 0.25) is 0 Å². The lowest BCUT2D eigenvalue weighted by Gasteiger charge is -1.99. The summed E-state index contributed by atoms with van der Waals surface area (Å²) in [5.41, 5.74) is 9.52. The molecule has 0 aliphatic carbocycles. The van der Waals surface area contributed by atoms with Crippen molar-refractivity contribution in [3.05, 3.63) is 21.0 Å². The van der Waals surface area contributed by atoms with Crippen LogP contribution in [0.1, 0.15) is 24.5 Å². The Morgan fingerprint density at radius 1 is 1.53 bits per heavy atom. The van der Waals surface area contributed by atoms with E-state index >= 15 is 0 Å². The Morgan fingerprint density at radius 2 is 2.24 bits per heavy atom. The highest BCUT2D eigenvalue weighted by Gasteiger charge is 2.17. The Balaban J connectivity index is 2.54. The lowest BCUT2D eigenvalue weighted by atomic mass is 10.1. The first kappa shape index (κ1) is 12.6. The molecule has 0 spiro atoms. The van der Waals surface area contributed by atoms with E-state index in [2.05, 4.69) is 40.9 Å². The standard InChI is InChI=1S/C12H16BrN3S/c1-4-5-8-10(15-16(3)12(8)14)9-6-7(2)11(13)17-9/h6H,4-5,14H2,1-3H3. The van der Waals surface area contributed by atoms with Crippen molar-refractivity contribution in [2.45, 2.75) is 26.7 Å². The van der Waals surface area contributed by atoms with Gasteiger partial charge in [0.1, 0.15) is 11.5 Å². The number of aryl methyl sites for hydroxylation is 2. The summed E-state index contributed by atoms with van der Waals surface area (Å²) in [5.74, 6) is 0.782. The van der Waals surface area contributed by atoms with Gasteiger partial charge >= 0.3 is 0 Å². The van der Waals surface area contributed by atoms with E-state index in [-0.39, 0.29) is 0 Å². The van der Waals surface area contributed by atoms with Gasteiger partial charge < -0.3 is 5.73 Å². The molecule has 0 atom stereocenters. The minimum atomic E-state index is 0.782. The summed E-state index contributed by atoms with van der Waals surface area (Å²) >= 11 is 5.27. The van der Waals surface area contributed by atoms with Crippen molar-refractivity contribution >= 4 is 33.1 Å². The van der Waals surface area contributed by atoms with Gasteiger partial charge in [0.2, 0.25) is 0 Å². The Labute approximate surface area is 114 Å². The Hall–Kier alpha value is -0.810. The molecule has 92 valence electrons. The molecule has 0 fully saturated rings. The summed E-state index contributed by atoms with van der Waals surface area (Å²) in [7, 11) is 1.90. The SMILES string of the molecule is CCCc1c(-c2cc(C)c(Br)s2)nn(C)c1N. The van der Waals surface area contributed by atoms with Gasteiger partial charge in [0, 0.05) is 12.6 Å². The fourth-order valence-corrected chi connectivity index (χ4v) is 3.40. The third kappa shape index (κ3) is 2.26. The van der Waals surface area contributed by atoms with Crippen LogP contribution in [0.25, 0.3) is 10.6 Å². The van der Waals surface area contributed by atoms with Crippen LogP contribution in [0.5, 0.6) is 0 Å². The molecule has 2 aromatic heterocycles. The maximum Gasteiger partial charge on any atom is 0.125 e. The van der Waals surface area contributed by atoms with E-state index in [1.54, 1.807) is 16.0 Å². The van der Waals surface area contributed by atoms with Crippen LogP contribution >= 0.6 is 27.3 Å². The van der Waals surface area contributed by atoms with E-state index in [0.717, 1.165) is 24.4 Å². The van der Waals surface area contributed by atoms with Crippen LogP contribution in [0, 0.1) is 6.92 Å². The van der Waals surface area contributed by atoms with Crippen molar-refractivity contribution in [3.8, 4) is 10.6 Å². The van der Waals surface area contributed by atoms with Crippen LogP contribution in [-0.4, -0.2) is 9.78 Å². The van der Waals surface area contributed by atoms with Crippen molar-refractivity contribution in [1.82, 2.24) is 9.78 Å². The maximum absolute atomic E-state index is 6.07. The van der Waals surface area contributed by atoms with E-state index in [9.17, 15) is 0 Å². The number of anilines is 1. The van der Waals surface area contributed by atoms with Gasteiger partial charge in [-0.1, -0.05) is 13.3 Å². The lowest BCUT2D eigenvalue weighted by molar-refractivity contribution is 0.781. The largest absolute Gasteiger partial charge is 0.384 e. The molecule has 2 heterocycles. The molecule has 3 nitrogen and oxygen atoms in total. The topological polar surface area (TPSA) is 43.8 Å². The molecular formula is C12H16BrN3S. The second-order valence-corrected chi connectivity index (χ2v) is 6.52. The summed E-state index contributed by atoms with van der Waals surface area (Å²) in [5, 5.41) is 4.53. The van der Waals surface area contributed by atoms with Crippen LogP contribution < -0.4 is 5.73 Å². The molecule has 0 unspecified atom stereocenters. The van der Waals surface area contributed by atoms with Gasteiger partial charge in [-0.3, -0.25) is 4.68 Å². The maximum atomic E-state index is 6.07. The number of hydrogen-bond acceptors (Lipinski definition) is 3. The molecule has 0 radical (unpaired) electrons. The number of nitrogens with two attached hydrogens (primary N) is 1. The number of thiophene rings is 1. The molecule has 2 N–H and O–H groups in total. The molecule has 0 bridgehead atoms. The molecule has 2 aromatic rings. The number of halogens is 1. The van der Waals surface area contributed by atoms with Crippen LogP contribution in [0.15, 0.2) is 9.85 Å². The van der Waals surface area contributed by atoms with Gasteiger partial charge in [0.25, 0.3) is 0 Å². The second kappa shape index (κ2) is 4.82. The predicted octanol–water partition coefficient (Wildman–Crippen LogP) is 3.75. The number of rotatable bonds is 3. The molecule has 0 aliphatic heterocycles. The number of hydrogen-bond donors (Lipinski definition) is 1. The molecular weight excluding hydrogens is 298 g/mol. The fraction of sp³-hybridized carbons (Fsp3) is 0.417. The van der Waals surface area contributed by atoms with Crippen LogP contribution in [0.3, 0.4) is 0 Å². The number of nitrogen functional groups attached to an aromatic ring is 1. The van der Waals surface area contributed by atoms with E-state index in [1.165, 1.54) is 19.8 Å². The average molecular weight is 314 g/mol. The van der Waals surface area contributed by atoms with Crippen LogP contribution in [0.4, 0.5) is 5.82 Å². The van der Waals surface area contributed by atoms with Gasteiger partial charge in [-0.2, -0.15) is 5.10 Å². The Kier molecular flexibility index (Phi) is 3.58. The second-order valence-electron chi connectivity index (χ2n) is 4.15. The first-order chi connectivity index (χ1) is 8.04. The number of nitrogens with zero attached hydrogens (tertiary/aromatic N) is 2. The van der Waals surface area contributed by atoms with Gasteiger partial charge in [-0.15, -0.1) is 11.3 Å². The molecule has 0 aliphatic rings. The molecule has 0 amide bonds. The summed E-state index contributed by atoms with van der Waals surface area (Å²) in [6, 6.07) is 2.16. The van der Waals surface area contributed by atoms with Gasteiger partial charge in [-0.25, -0.2) is 0 Å². The Bertz CT molecular complexity index is 523. The van der Waals surface area contributed by atoms with Crippen molar-refractivity contribution in [3.63, 3.8) is 0 Å². The molecule has 0 aromatic carbocycles. The normalized spacial score (nSPS) is 11.1. The first-order valence-corrected chi connectivity index (χ1v) is 7.23. The zero-order chi connectivity index (χ0) is 12.6. The van der Waals surface area contributed by atoms with E-state index in [4.69, 9.17) is 5.73 Å². The third-order valence-electron chi connectivity index (χ3n) is 2.78. The lowest BCUT2D eigenvalue weighted by Crippen LogP contribution is -1.99.